The van der Waals surface area contributed by atoms with Crippen LogP contribution in [0.25, 0.3) is 10.9 Å². The molecule has 3 aromatic rings. The van der Waals surface area contributed by atoms with E-state index in [9.17, 15) is 0 Å². The number of aryl methyl sites for hydroxylation is 1. The highest BCUT2D eigenvalue weighted by Crippen LogP contribution is 2.31. The van der Waals surface area contributed by atoms with Gasteiger partial charge in [0.15, 0.2) is 5.75 Å². The van der Waals surface area contributed by atoms with E-state index in [1.165, 1.54) is 0 Å². The molecule has 2 N–H and O–H groups in total. The van der Waals surface area contributed by atoms with Gasteiger partial charge in [0.05, 0.1) is 5.02 Å². The first-order chi connectivity index (χ1) is 10.2. The minimum Gasteiger partial charge on any atom is -0.422 e. The van der Waals surface area contributed by atoms with Crippen molar-refractivity contribution in [2.75, 3.05) is 0 Å². The molecule has 0 radical (unpaired) electrons. The van der Waals surface area contributed by atoms with E-state index < -0.39 is 0 Å². The molecule has 2 heterocycles. The number of rotatable bonds is 3. The van der Waals surface area contributed by atoms with Crippen LogP contribution in [0.5, 0.6) is 11.8 Å². The summed E-state index contributed by atoms with van der Waals surface area (Å²) in [5, 5.41) is 1.45. The molecule has 0 saturated carbocycles. The molecule has 0 fully saturated rings. The Hall–Kier alpha value is -2.24. The molecule has 106 valence electrons. The summed E-state index contributed by atoms with van der Waals surface area (Å²) >= 11 is 6.16. The zero-order valence-electron chi connectivity index (χ0n) is 11.4. The van der Waals surface area contributed by atoms with Crippen molar-refractivity contribution in [1.82, 2.24) is 15.0 Å². The fourth-order valence-electron chi connectivity index (χ4n) is 2.01. The van der Waals surface area contributed by atoms with E-state index in [4.69, 9.17) is 22.1 Å². The number of halogens is 1. The lowest BCUT2D eigenvalue weighted by Crippen LogP contribution is -2.03. The third-order valence-electron chi connectivity index (χ3n) is 3.16. The molecule has 5 nitrogen and oxygen atoms in total. The molecular weight excluding hydrogens is 288 g/mol. The highest BCUT2D eigenvalue weighted by atomic mass is 35.5. The van der Waals surface area contributed by atoms with Crippen LogP contribution < -0.4 is 10.5 Å². The lowest BCUT2D eigenvalue weighted by molar-refractivity contribution is 0.443. The maximum atomic E-state index is 6.16. The largest absolute Gasteiger partial charge is 0.422 e. The molecule has 0 amide bonds. The van der Waals surface area contributed by atoms with Crippen LogP contribution in [0.4, 0.5) is 0 Å². The molecule has 6 heteroatoms. The van der Waals surface area contributed by atoms with Crippen molar-refractivity contribution < 1.29 is 4.74 Å². The van der Waals surface area contributed by atoms with E-state index in [1.54, 1.807) is 24.5 Å². The van der Waals surface area contributed by atoms with Crippen LogP contribution in [0.2, 0.25) is 5.02 Å². The van der Waals surface area contributed by atoms with Gasteiger partial charge in [0, 0.05) is 35.6 Å². The molecule has 1 aromatic carbocycles. The summed E-state index contributed by atoms with van der Waals surface area (Å²) < 4.78 is 5.74. The van der Waals surface area contributed by atoms with Crippen molar-refractivity contribution in [3.63, 3.8) is 0 Å². The first kappa shape index (κ1) is 13.7. The van der Waals surface area contributed by atoms with E-state index >= 15 is 0 Å². The third kappa shape index (κ3) is 2.66. The molecule has 0 spiro atoms. The molecule has 0 atom stereocenters. The predicted molar refractivity (Wildman–Crippen MR) is 81.5 cm³/mol. The van der Waals surface area contributed by atoms with E-state index in [0.29, 0.717) is 22.8 Å². The highest BCUT2D eigenvalue weighted by molar-refractivity contribution is 6.35. The Balaban J connectivity index is 2.02. The SMILES string of the molecule is Cc1nc(Oc2ccc(Cl)c3cccnc23)ncc1CN. The number of ether oxygens (including phenoxy) is 1. The van der Waals surface area contributed by atoms with Gasteiger partial charge in [0.1, 0.15) is 5.52 Å². The van der Waals surface area contributed by atoms with Gasteiger partial charge >= 0.3 is 6.01 Å². The zero-order chi connectivity index (χ0) is 14.8. The van der Waals surface area contributed by atoms with Gasteiger partial charge < -0.3 is 10.5 Å². The van der Waals surface area contributed by atoms with E-state index in [0.717, 1.165) is 16.6 Å². The molecule has 0 bridgehead atoms. The second-order valence-corrected chi connectivity index (χ2v) is 4.92. The number of aromatic nitrogens is 3. The average Bonchev–Trinajstić information content (AvgIpc) is 2.51. The average molecular weight is 301 g/mol. The summed E-state index contributed by atoms with van der Waals surface area (Å²) in [6.07, 6.45) is 3.36. The molecule has 2 aromatic heterocycles. The Kier molecular flexibility index (Phi) is 3.68. The van der Waals surface area contributed by atoms with Crippen LogP contribution in [0.3, 0.4) is 0 Å². The summed E-state index contributed by atoms with van der Waals surface area (Å²) in [7, 11) is 0. The van der Waals surface area contributed by atoms with Crippen molar-refractivity contribution in [1.29, 1.82) is 0 Å². The van der Waals surface area contributed by atoms with Gasteiger partial charge in [0.25, 0.3) is 0 Å². The molecule has 3 rings (SSSR count). The fourth-order valence-corrected chi connectivity index (χ4v) is 2.23. The first-order valence-corrected chi connectivity index (χ1v) is 6.80. The molecule has 0 unspecified atom stereocenters. The monoisotopic (exact) mass is 300 g/mol. The number of fused-ring (bicyclic) bond motifs is 1. The fraction of sp³-hybridized carbons (Fsp3) is 0.133. The minimum absolute atomic E-state index is 0.263. The smallest absolute Gasteiger partial charge is 0.322 e. The Morgan fingerprint density at radius 2 is 2.10 bits per heavy atom. The molecule has 0 aliphatic rings. The van der Waals surface area contributed by atoms with Gasteiger partial charge in [-0.3, -0.25) is 4.98 Å². The summed E-state index contributed by atoms with van der Waals surface area (Å²) in [5.41, 5.74) is 7.96. The van der Waals surface area contributed by atoms with Gasteiger partial charge in [-0.05, 0) is 31.2 Å². The lowest BCUT2D eigenvalue weighted by Gasteiger charge is -2.09. The predicted octanol–water partition coefficient (Wildman–Crippen LogP) is 3.24. The zero-order valence-corrected chi connectivity index (χ0v) is 12.1. The van der Waals surface area contributed by atoms with Gasteiger partial charge in [-0.25, -0.2) is 4.98 Å². The minimum atomic E-state index is 0.263. The molecule has 0 aliphatic carbocycles. The maximum Gasteiger partial charge on any atom is 0.322 e. The van der Waals surface area contributed by atoms with Gasteiger partial charge in [0.2, 0.25) is 0 Å². The maximum absolute atomic E-state index is 6.16. The summed E-state index contributed by atoms with van der Waals surface area (Å²) in [4.78, 5) is 12.8. The Labute approximate surface area is 126 Å². The topological polar surface area (TPSA) is 73.9 Å². The van der Waals surface area contributed by atoms with Crippen molar-refractivity contribution in [3.8, 4) is 11.8 Å². The van der Waals surface area contributed by atoms with E-state index in [2.05, 4.69) is 15.0 Å². The number of nitrogens with zero attached hydrogens (tertiary/aromatic N) is 3. The number of benzene rings is 1. The van der Waals surface area contributed by atoms with E-state index in [-0.39, 0.29) is 6.01 Å². The first-order valence-electron chi connectivity index (χ1n) is 6.42. The van der Waals surface area contributed by atoms with E-state index in [1.807, 2.05) is 19.1 Å². The van der Waals surface area contributed by atoms with Gasteiger partial charge in [-0.15, -0.1) is 0 Å². The standard InChI is InChI=1S/C15H13ClN4O/c1-9-10(7-17)8-19-15(20-9)21-13-5-4-12(16)11-3-2-6-18-14(11)13/h2-6,8H,7,17H2,1H3. The van der Waals surface area contributed by atoms with Gasteiger partial charge in [-0.1, -0.05) is 11.6 Å². The number of hydrogen-bond donors (Lipinski definition) is 1. The highest BCUT2D eigenvalue weighted by Gasteiger charge is 2.10. The number of nitrogens with two attached hydrogens (primary N) is 1. The lowest BCUT2D eigenvalue weighted by atomic mass is 10.2. The van der Waals surface area contributed by atoms with Crippen LogP contribution >= 0.6 is 11.6 Å². The van der Waals surface area contributed by atoms with Crippen LogP contribution in [0.15, 0.2) is 36.7 Å². The quantitative estimate of drug-likeness (QED) is 0.804. The second-order valence-electron chi connectivity index (χ2n) is 4.51. The van der Waals surface area contributed by atoms with Crippen molar-refractivity contribution in [3.05, 3.63) is 52.9 Å². The molecular formula is C15H13ClN4O. The van der Waals surface area contributed by atoms with Crippen molar-refractivity contribution in [2.45, 2.75) is 13.5 Å². The summed E-state index contributed by atoms with van der Waals surface area (Å²) in [6.45, 7) is 2.27. The summed E-state index contributed by atoms with van der Waals surface area (Å²) in [5.74, 6) is 0.565. The molecule has 0 aliphatic heterocycles. The Bertz CT molecular complexity index is 807. The Morgan fingerprint density at radius 3 is 2.86 bits per heavy atom. The molecule has 21 heavy (non-hydrogen) atoms. The van der Waals surface area contributed by atoms with Crippen LogP contribution in [-0.4, -0.2) is 15.0 Å². The Morgan fingerprint density at radius 1 is 1.24 bits per heavy atom. The third-order valence-corrected chi connectivity index (χ3v) is 3.49. The number of hydrogen-bond acceptors (Lipinski definition) is 5. The van der Waals surface area contributed by atoms with Crippen molar-refractivity contribution >= 4 is 22.5 Å². The van der Waals surface area contributed by atoms with Crippen molar-refractivity contribution in [2.24, 2.45) is 5.73 Å². The normalized spacial score (nSPS) is 10.8. The van der Waals surface area contributed by atoms with Crippen LogP contribution in [0.1, 0.15) is 11.3 Å². The van der Waals surface area contributed by atoms with Crippen LogP contribution in [-0.2, 0) is 6.54 Å². The second kappa shape index (κ2) is 5.63. The number of pyridine rings is 1. The molecule has 0 saturated heterocycles. The summed E-state index contributed by atoms with van der Waals surface area (Å²) in [6, 6.07) is 7.50. The van der Waals surface area contributed by atoms with Crippen LogP contribution in [0, 0.1) is 6.92 Å². The van der Waals surface area contributed by atoms with Gasteiger partial charge in [-0.2, -0.15) is 4.98 Å².